The highest BCUT2D eigenvalue weighted by atomic mass is 16.3. The third kappa shape index (κ3) is 2.68. The second-order valence-electron chi connectivity index (χ2n) is 4.25. The molecule has 0 atom stereocenters. The minimum atomic E-state index is -0.0993. The Hall–Kier alpha value is -1.87. The highest BCUT2D eigenvalue weighted by Crippen LogP contribution is 2.14. The van der Waals surface area contributed by atoms with E-state index < -0.39 is 0 Å². The normalized spacial score (nSPS) is 10.6. The molecule has 1 aromatic heterocycles. The molecule has 0 spiro atoms. The van der Waals surface area contributed by atoms with Crippen LogP contribution in [0.3, 0.4) is 0 Å². The summed E-state index contributed by atoms with van der Waals surface area (Å²) in [6, 6.07) is 11.1. The van der Waals surface area contributed by atoms with Crippen molar-refractivity contribution in [1.82, 2.24) is 0 Å². The molecule has 0 aliphatic carbocycles. The fourth-order valence-electron chi connectivity index (χ4n) is 1.86. The summed E-state index contributed by atoms with van der Waals surface area (Å²) in [5, 5.41) is 0. The number of hydrogen-bond donors (Lipinski definition) is 1. The summed E-state index contributed by atoms with van der Waals surface area (Å²) in [6.45, 7) is 2.44. The number of aryl methyl sites for hydroxylation is 1. The monoisotopic (exact) mass is 243 g/mol. The van der Waals surface area contributed by atoms with Crippen LogP contribution in [0.2, 0.25) is 0 Å². The predicted molar refractivity (Wildman–Crippen MR) is 70.5 cm³/mol. The summed E-state index contributed by atoms with van der Waals surface area (Å²) >= 11 is 0. The quantitative estimate of drug-likeness (QED) is 0.821. The van der Waals surface area contributed by atoms with Crippen LogP contribution in [0.1, 0.15) is 40.8 Å². The summed E-state index contributed by atoms with van der Waals surface area (Å²) < 4.78 is 5.35. The molecular weight excluding hydrogens is 226 g/mol. The zero-order chi connectivity index (χ0) is 13.0. The highest BCUT2D eigenvalue weighted by molar-refractivity contribution is 6.07. The first-order valence-electron chi connectivity index (χ1n) is 6.17. The molecule has 0 bridgehead atoms. The Bertz CT molecular complexity index is 526. The van der Waals surface area contributed by atoms with Gasteiger partial charge in [-0.2, -0.15) is 0 Å². The molecule has 2 aromatic rings. The molecule has 0 radical (unpaired) electrons. The number of carbonyl (C=O) groups excluding carboxylic acids is 1. The van der Waals surface area contributed by atoms with Crippen LogP contribution in [0.15, 0.2) is 40.8 Å². The van der Waals surface area contributed by atoms with Crippen molar-refractivity contribution < 1.29 is 9.21 Å². The third-order valence-corrected chi connectivity index (χ3v) is 2.84. The first-order valence-corrected chi connectivity index (χ1v) is 6.17. The minimum absolute atomic E-state index is 0.0993. The number of nitrogens with two attached hydrogens (primary N) is 1. The average Bonchev–Trinajstić information content (AvgIpc) is 2.88. The molecule has 0 aliphatic rings. The largest absolute Gasteiger partial charge is 0.456 e. The van der Waals surface area contributed by atoms with E-state index in [1.54, 1.807) is 12.1 Å². The van der Waals surface area contributed by atoms with Gasteiger partial charge in [0.25, 0.3) is 0 Å². The number of benzene rings is 1. The zero-order valence-electron chi connectivity index (χ0n) is 10.5. The Kier molecular flexibility index (Phi) is 3.95. The van der Waals surface area contributed by atoms with Crippen LogP contribution in [0.25, 0.3) is 0 Å². The molecule has 0 fully saturated rings. The van der Waals surface area contributed by atoms with E-state index in [0.717, 1.165) is 12.8 Å². The Balaban J connectivity index is 2.17. The van der Waals surface area contributed by atoms with Crippen LogP contribution < -0.4 is 5.73 Å². The van der Waals surface area contributed by atoms with E-state index in [1.807, 2.05) is 24.3 Å². The maximum absolute atomic E-state index is 12.1. The first-order chi connectivity index (χ1) is 8.74. The number of carbonyl (C=O) groups is 1. The molecule has 1 heterocycles. The van der Waals surface area contributed by atoms with Gasteiger partial charge in [-0.25, -0.2) is 0 Å². The van der Waals surface area contributed by atoms with Crippen molar-refractivity contribution in [3.8, 4) is 0 Å². The van der Waals surface area contributed by atoms with Crippen LogP contribution in [0, 0.1) is 0 Å². The molecule has 3 nitrogen and oxygen atoms in total. The fraction of sp³-hybridized carbons (Fsp3) is 0.267. The molecule has 0 saturated heterocycles. The second-order valence-corrected chi connectivity index (χ2v) is 4.25. The Morgan fingerprint density at radius 1 is 1.17 bits per heavy atom. The van der Waals surface area contributed by atoms with Gasteiger partial charge in [0.15, 0.2) is 5.76 Å². The molecule has 0 amide bonds. The van der Waals surface area contributed by atoms with E-state index in [1.165, 1.54) is 5.56 Å². The Labute approximate surface area is 107 Å². The van der Waals surface area contributed by atoms with E-state index in [0.29, 0.717) is 23.6 Å². The van der Waals surface area contributed by atoms with Gasteiger partial charge >= 0.3 is 0 Å². The Morgan fingerprint density at radius 3 is 2.44 bits per heavy atom. The van der Waals surface area contributed by atoms with Gasteiger partial charge in [0.1, 0.15) is 5.76 Å². The molecule has 2 rings (SSSR count). The summed E-state index contributed by atoms with van der Waals surface area (Å²) in [5.74, 6) is 0.873. The van der Waals surface area contributed by atoms with Crippen LogP contribution in [0.4, 0.5) is 0 Å². The number of hydrogen-bond acceptors (Lipinski definition) is 3. The molecule has 0 unspecified atom stereocenters. The van der Waals surface area contributed by atoms with Crippen molar-refractivity contribution in [3.05, 3.63) is 59.0 Å². The van der Waals surface area contributed by atoms with Gasteiger partial charge in [-0.3, -0.25) is 4.79 Å². The van der Waals surface area contributed by atoms with Gasteiger partial charge in [0.2, 0.25) is 5.78 Å². The lowest BCUT2D eigenvalue weighted by Gasteiger charge is -2.01. The average molecular weight is 243 g/mol. The van der Waals surface area contributed by atoms with Gasteiger partial charge in [0.05, 0.1) is 6.54 Å². The Morgan fingerprint density at radius 2 is 1.89 bits per heavy atom. The summed E-state index contributed by atoms with van der Waals surface area (Å²) in [5.41, 5.74) is 7.34. The maximum atomic E-state index is 12.1. The molecule has 1 aromatic carbocycles. The van der Waals surface area contributed by atoms with Crippen molar-refractivity contribution in [2.75, 3.05) is 0 Å². The van der Waals surface area contributed by atoms with E-state index >= 15 is 0 Å². The van der Waals surface area contributed by atoms with Gasteiger partial charge in [0, 0.05) is 5.56 Å². The van der Waals surface area contributed by atoms with Crippen LogP contribution in [0.5, 0.6) is 0 Å². The number of ketones is 1. The van der Waals surface area contributed by atoms with Crippen molar-refractivity contribution >= 4 is 5.78 Å². The SMILES string of the molecule is CCCc1ccc(C(=O)c2ccc(CN)o2)cc1. The zero-order valence-corrected chi connectivity index (χ0v) is 10.5. The number of rotatable bonds is 5. The second kappa shape index (κ2) is 5.65. The molecule has 3 heteroatoms. The van der Waals surface area contributed by atoms with E-state index in [-0.39, 0.29) is 5.78 Å². The molecular formula is C15H17NO2. The van der Waals surface area contributed by atoms with E-state index in [9.17, 15) is 4.79 Å². The van der Waals surface area contributed by atoms with Crippen LogP contribution in [-0.4, -0.2) is 5.78 Å². The van der Waals surface area contributed by atoms with Gasteiger partial charge in [-0.15, -0.1) is 0 Å². The van der Waals surface area contributed by atoms with Crippen molar-refractivity contribution in [2.24, 2.45) is 5.73 Å². The molecule has 94 valence electrons. The van der Waals surface area contributed by atoms with E-state index in [4.69, 9.17) is 10.2 Å². The lowest BCUT2D eigenvalue weighted by molar-refractivity contribution is 0.101. The third-order valence-electron chi connectivity index (χ3n) is 2.84. The molecule has 0 saturated carbocycles. The fourth-order valence-corrected chi connectivity index (χ4v) is 1.86. The van der Waals surface area contributed by atoms with Crippen molar-refractivity contribution in [2.45, 2.75) is 26.3 Å². The van der Waals surface area contributed by atoms with E-state index in [2.05, 4.69) is 6.92 Å². The molecule has 2 N–H and O–H groups in total. The van der Waals surface area contributed by atoms with Crippen LogP contribution in [-0.2, 0) is 13.0 Å². The smallest absolute Gasteiger partial charge is 0.228 e. The molecule has 18 heavy (non-hydrogen) atoms. The summed E-state index contributed by atoms with van der Waals surface area (Å²) in [7, 11) is 0. The van der Waals surface area contributed by atoms with Crippen molar-refractivity contribution in [3.63, 3.8) is 0 Å². The maximum Gasteiger partial charge on any atom is 0.228 e. The van der Waals surface area contributed by atoms with Gasteiger partial charge in [-0.1, -0.05) is 37.6 Å². The van der Waals surface area contributed by atoms with Gasteiger partial charge in [-0.05, 0) is 24.1 Å². The van der Waals surface area contributed by atoms with Crippen molar-refractivity contribution in [1.29, 1.82) is 0 Å². The molecule has 0 aliphatic heterocycles. The minimum Gasteiger partial charge on any atom is -0.456 e. The standard InChI is InChI=1S/C15H17NO2/c1-2-3-11-4-6-12(7-5-11)15(17)14-9-8-13(10-16)18-14/h4-9H,2-3,10,16H2,1H3. The highest BCUT2D eigenvalue weighted by Gasteiger charge is 2.13. The topological polar surface area (TPSA) is 56.2 Å². The predicted octanol–water partition coefficient (Wildman–Crippen LogP) is 2.92. The lowest BCUT2D eigenvalue weighted by Crippen LogP contribution is -2.00. The summed E-state index contributed by atoms with van der Waals surface area (Å²) in [4.78, 5) is 12.1. The summed E-state index contributed by atoms with van der Waals surface area (Å²) in [6.07, 6.45) is 2.14. The first kappa shape index (κ1) is 12.6. The lowest BCUT2D eigenvalue weighted by atomic mass is 10.0. The number of furan rings is 1. The van der Waals surface area contributed by atoms with Gasteiger partial charge < -0.3 is 10.2 Å². The van der Waals surface area contributed by atoms with Crippen LogP contribution >= 0.6 is 0 Å².